The molecule has 64 heavy (non-hydrogen) atoms. The first-order valence-electron chi connectivity index (χ1n) is 26.0. The van der Waals surface area contributed by atoms with Crippen LogP contribution in [0.1, 0.15) is 245 Å². The van der Waals surface area contributed by atoms with Gasteiger partial charge in [0.05, 0.1) is 13.2 Å². The van der Waals surface area contributed by atoms with Crippen molar-refractivity contribution in [3.05, 3.63) is 36.5 Å². The van der Waals surface area contributed by atoms with Gasteiger partial charge in [-0.1, -0.05) is 224 Å². The second kappa shape index (κ2) is 47.2. The fourth-order valence-corrected chi connectivity index (χ4v) is 8.22. The van der Waals surface area contributed by atoms with Crippen molar-refractivity contribution in [1.82, 2.24) is 5.32 Å². The van der Waals surface area contributed by atoms with Crippen LogP contribution in [-0.2, 0) is 32.7 Å². The number of hydrogen-bond donors (Lipinski definition) is 4. The Kier molecular flexibility index (Phi) is 45.5. The number of allylic oxidation sites excluding steroid dienone is 6. The fraction of sp³-hybridized carbons (Fsp3) is 0.827. The molecule has 0 spiro atoms. The third-order valence-corrected chi connectivity index (χ3v) is 12.4. The Balaban J connectivity index is 3.80. The smallest absolute Gasteiger partial charge is 0.472 e. The molecule has 12 heteroatoms. The van der Waals surface area contributed by atoms with Gasteiger partial charge in [0.2, 0.25) is 5.91 Å². The number of esters is 1. The zero-order chi connectivity index (χ0) is 47.0. The van der Waals surface area contributed by atoms with Crippen LogP contribution in [0.3, 0.4) is 0 Å². The number of hydrogen-bond acceptors (Lipinski definition) is 8. The van der Waals surface area contributed by atoms with Gasteiger partial charge in [0.25, 0.3) is 0 Å². The highest BCUT2D eigenvalue weighted by Crippen LogP contribution is 2.43. The minimum absolute atomic E-state index is 0.149. The van der Waals surface area contributed by atoms with E-state index in [9.17, 15) is 34.1 Å². The molecule has 3 unspecified atom stereocenters. The van der Waals surface area contributed by atoms with Crippen molar-refractivity contribution >= 4 is 25.7 Å². The highest BCUT2D eigenvalue weighted by Gasteiger charge is 2.28. The van der Waals surface area contributed by atoms with Crippen LogP contribution in [-0.4, -0.2) is 64.9 Å². The van der Waals surface area contributed by atoms with Crippen LogP contribution in [0.4, 0.5) is 0 Å². The highest BCUT2D eigenvalue weighted by molar-refractivity contribution is 7.47. The maximum absolute atomic E-state index is 12.4. The van der Waals surface area contributed by atoms with Gasteiger partial charge in [-0.25, -0.2) is 9.36 Å². The molecule has 1 amide bonds. The van der Waals surface area contributed by atoms with E-state index in [-0.39, 0.29) is 12.8 Å². The summed E-state index contributed by atoms with van der Waals surface area (Å²) in [7, 11) is -4.76. The second-order valence-corrected chi connectivity index (χ2v) is 19.1. The average molecular weight is 926 g/mol. The lowest BCUT2D eigenvalue weighted by molar-refractivity contribution is -0.147. The van der Waals surface area contributed by atoms with Crippen LogP contribution in [0.2, 0.25) is 0 Å². The van der Waals surface area contributed by atoms with E-state index in [0.29, 0.717) is 12.8 Å². The first kappa shape index (κ1) is 61.7. The van der Waals surface area contributed by atoms with Gasteiger partial charge in [0.15, 0.2) is 6.04 Å². The summed E-state index contributed by atoms with van der Waals surface area (Å²) in [6, 6.07) is -1.55. The van der Waals surface area contributed by atoms with Crippen molar-refractivity contribution in [1.29, 1.82) is 0 Å². The molecule has 0 heterocycles. The highest BCUT2D eigenvalue weighted by atomic mass is 31.2. The van der Waals surface area contributed by atoms with Crippen molar-refractivity contribution in [3.63, 3.8) is 0 Å². The molecular formula is C52H96NO10P. The summed E-state index contributed by atoms with van der Waals surface area (Å²) in [6.45, 7) is 2.52. The predicted octanol–water partition coefficient (Wildman–Crippen LogP) is 14.3. The number of phosphoric ester groups is 1. The maximum Gasteiger partial charge on any atom is 0.472 e. The molecule has 11 nitrogen and oxygen atoms in total. The zero-order valence-electron chi connectivity index (χ0n) is 40.8. The predicted molar refractivity (Wildman–Crippen MR) is 263 cm³/mol. The van der Waals surface area contributed by atoms with Crippen LogP contribution in [0.25, 0.3) is 0 Å². The number of aliphatic hydroxyl groups excluding tert-OH is 1. The van der Waals surface area contributed by atoms with Crippen LogP contribution < -0.4 is 5.32 Å². The summed E-state index contributed by atoms with van der Waals surface area (Å²) in [5, 5.41) is 21.9. The lowest BCUT2D eigenvalue weighted by Gasteiger charge is -2.18. The number of phosphoric acid groups is 1. The van der Waals surface area contributed by atoms with E-state index in [1.54, 1.807) is 0 Å². The van der Waals surface area contributed by atoms with Gasteiger partial charge in [0, 0.05) is 12.8 Å². The molecule has 0 fully saturated rings. The first-order valence-corrected chi connectivity index (χ1v) is 27.5. The number of carboxylic acids is 1. The quantitative estimate of drug-likeness (QED) is 0.0199. The molecule has 374 valence electrons. The Morgan fingerprint density at radius 1 is 0.516 bits per heavy atom. The number of carbonyl (C=O) groups excluding carboxylic acids is 2. The van der Waals surface area contributed by atoms with Gasteiger partial charge in [-0.15, -0.1) is 0 Å². The first-order chi connectivity index (χ1) is 31.1. The molecular weight excluding hydrogens is 830 g/mol. The van der Waals surface area contributed by atoms with Gasteiger partial charge in [0.1, 0.15) is 12.7 Å². The summed E-state index contributed by atoms with van der Waals surface area (Å²) in [5.74, 6) is -2.37. The molecule has 0 radical (unpaired) electrons. The standard InChI is InChI=1S/C52H96NO10P/c1-3-5-7-9-11-13-15-17-19-21-22-23-24-25-26-28-29-31-33-35-37-39-41-43-50(55)53-49(52(57)58)47-63-64(59,60)62-46-48(54)45-61-51(56)44-42-40-38-36-34-32-30-27-20-18-16-14-12-10-8-6-4-2/h6,8,12,14,18,20,48-49,54H,3-5,7,9-11,13,15-17,19,21-47H2,1-2H3,(H,53,55)(H,57,58)(H,59,60)/b8-6-,14-12-,20-18-. The Morgan fingerprint density at radius 3 is 1.36 bits per heavy atom. The number of nitrogens with one attached hydrogen (secondary N) is 1. The van der Waals surface area contributed by atoms with E-state index in [1.807, 2.05) is 0 Å². The summed E-state index contributed by atoms with van der Waals surface area (Å²) in [5.41, 5.74) is 0. The molecule has 0 bridgehead atoms. The largest absolute Gasteiger partial charge is 0.480 e. The lowest BCUT2D eigenvalue weighted by atomic mass is 10.0. The Hall–Kier alpha value is -2.30. The molecule has 0 aliphatic rings. The number of ether oxygens (including phenoxy) is 1. The molecule has 0 aliphatic heterocycles. The van der Waals surface area contributed by atoms with E-state index >= 15 is 0 Å². The molecule has 0 saturated carbocycles. The summed E-state index contributed by atoms with van der Waals surface area (Å²) in [6.07, 6.45) is 53.1. The van der Waals surface area contributed by atoms with Gasteiger partial charge >= 0.3 is 19.8 Å². The van der Waals surface area contributed by atoms with E-state index < -0.39 is 57.6 Å². The fourth-order valence-electron chi connectivity index (χ4n) is 7.45. The van der Waals surface area contributed by atoms with Gasteiger partial charge < -0.3 is 25.2 Å². The van der Waals surface area contributed by atoms with Crippen molar-refractivity contribution in [2.75, 3.05) is 19.8 Å². The molecule has 0 saturated heterocycles. The van der Waals surface area contributed by atoms with E-state index in [0.717, 1.165) is 70.6 Å². The minimum Gasteiger partial charge on any atom is -0.480 e. The van der Waals surface area contributed by atoms with Gasteiger partial charge in [-0.2, -0.15) is 0 Å². The molecule has 0 aliphatic carbocycles. The van der Waals surface area contributed by atoms with E-state index in [1.165, 1.54) is 135 Å². The van der Waals surface area contributed by atoms with Crippen LogP contribution >= 0.6 is 7.82 Å². The van der Waals surface area contributed by atoms with Crippen LogP contribution in [0.15, 0.2) is 36.5 Å². The lowest BCUT2D eigenvalue weighted by Crippen LogP contribution is -2.43. The molecule has 3 atom stereocenters. The van der Waals surface area contributed by atoms with Crippen molar-refractivity contribution in [2.45, 2.75) is 257 Å². The Labute approximate surface area is 391 Å². The van der Waals surface area contributed by atoms with Crippen molar-refractivity contribution in [2.24, 2.45) is 0 Å². The third-order valence-electron chi connectivity index (χ3n) is 11.4. The van der Waals surface area contributed by atoms with Crippen molar-refractivity contribution < 1.29 is 47.8 Å². The van der Waals surface area contributed by atoms with Gasteiger partial charge in [-0.05, 0) is 44.9 Å². The van der Waals surface area contributed by atoms with Crippen molar-refractivity contribution in [3.8, 4) is 0 Å². The summed E-state index contributed by atoms with van der Waals surface area (Å²) < 4.78 is 26.9. The molecule has 0 rings (SSSR count). The number of carboxylic acid groups (broad SMARTS) is 1. The summed E-state index contributed by atoms with van der Waals surface area (Å²) in [4.78, 5) is 46.1. The monoisotopic (exact) mass is 926 g/mol. The van der Waals surface area contributed by atoms with Crippen LogP contribution in [0, 0.1) is 0 Å². The molecule has 0 aromatic rings. The van der Waals surface area contributed by atoms with Crippen LogP contribution in [0.5, 0.6) is 0 Å². The maximum atomic E-state index is 12.4. The topological polar surface area (TPSA) is 169 Å². The normalized spacial score (nSPS) is 13.8. The molecule has 0 aromatic heterocycles. The summed E-state index contributed by atoms with van der Waals surface area (Å²) >= 11 is 0. The number of unbranched alkanes of at least 4 members (excludes halogenated alkanes) is 29. The molecule has 4 N–H and O–H groups in total. The van der Waals surface area contributed by atoms with E-state index in [4.69, 9.17) is 13.8 Å². The number of aliphatic hydroxyl groups is 1. The number of amides is 1. The second-order valence-electron chi connectivity index (χ2n) is 17.7. The van der Waals surface area contributed by atoms with E-state index in [2.05, 4.69) is 55.6 Å². The Morgan fingerprint density at radius 2 is 0.906 bits per heavy atom. The zero-order valence-corrected chi connectivity index (χ0v) is 41.7. The van der Waals surface area contributed by atoms with Gasteiger partial charge in [-0.3, -0.25) is 18.6 Å². The SMILES string of the molecule is CC/C=C\C/C=C\C/C=C\CCCCCCCCCC(=O)OCC(O)COP(=O)(O)OCC(NC(=O)CCCCCCCCCCCCCCCCCCCCCCCCC)C(=O)O. The minimum atomic E-state index is -4.76. The Bertz CT molecular complexity index is 1220. The number of rotatable bonds is 49. The number of aliphatic carboxylic acids is 1. The number of carbonyl (C=O) groups is 3. The average Bonchev–Trinajstić information content (AvgIpc) is 3.27. The third kappa shape index (κ3) is 46.2. The molecule has 0 aromatic carbocycles.